The fourth-order valence-corrected chi connectivity index (χ4v) is 2.09. The van der Waals surface area contributed by atoms with Crippen molar-refractivity contribution >= 4 is 23.2 Å². The second-order valence-electron chi connectivity index (χ2n) is 4.74. The minimum atomic E-state index is -0.567. The molecule has 0 radical (unpaired) electrons. The van der Waals surface area contributed by atoms with Crippen molar-refractivity contribution in [3.63, 3.8) is 0 Å². The molecule has 0 heterocycles. The highest BCUT2D eigenvalue weighted by Gasteiger charge is 2.15. The van der Waals surface area contributed by atoms with Crippen LogP contribution in [0.5, 0.6) is 5.75 Å². The Kier molecular flexibility index (Phi) is 4.48. The molecular formula is C16H15ClFNO2. The summed E-state index contributed by atoms with van der Waals surface area (Å²) in [5.41, 5.74) is 2.04. The van der Waals surface area contributed by atoms with Gasteiger partial charge in [-0.15, -0.1) is 0 Å². The number of rotatable bonds is 3. The van der Waals surface area contributed by atoms with E-state index in [2.05, 4.69) is 5.32 Å². The standard InChI is InChI=1S/C16H15ClFNO2/c1-9-4-5-13(18)11(6-9)16(20)19-14-7-10(2)12(17)8-15(14)21-3/h4-8H,1-3H3,(H,19,20). The van der Waals surface area contributed by atoms with Crippen molar-refractivity contribution in [2.75, 3.05) is 12.4 Å². The molecule has 0 fully saturated rings. The number of anilines is 1. The van der Waals surface area contributed by atoms with Gasteiger partial charge in [-0.1, -0.05) is 23.2 Å². The van der Waals surface area contributed by atoms with E-state index in [0.717, 1.165) is 11.1 Å². The Balaban J connectivity index is 2.35. The molecule has 0 aliphatic rings. The number of halogens is 2. The maximum absolute atomic E-state index is 13.7. The summed E-state index contributed by atoms with van der Waals surface area (Å²) in [7, 11) is 1.48. The molecule has 1 N–H and O–H groups in total. The van der Waals surface area contributed by atoms with Crippen LogP contribution in [0.2, 0.25) is 5.02 Å². The number of methoxy groups -OCH3 is 1. The highest BCUT2D eigenvalue weighted by molar-refractivity contribution is 6.31. The van der Waals surface area contributed by atoms with Gasteiger partial charge in [-0.05, 0) is 37.6 Å². The minimum Gasteiger partial charge on any atom is -0.495 e. The lowest BCUT2D eigenvalue weighted by atomic mass is 10.1. The molecule has 0 aliphatic carbocycles. The van der Waals surface area contributed by atoms with E-state index >= 15 is 0 Å². The molecule has 0 atom stereocenters. The van der Waals surface area contributed by atoms with Gasteiger partial charge in [-0.2, -0.15) is 0 Å². The first-order chi connectivity index (χ1) is 9.92. The normalized spacial score (nSPS) is 10.3. The average Bonchev–Trinajstić information content (AvgIpc) is 2.45. The van der Waals surface area contributed by atoms with Gasteiger partial charge in [-0.25, -0.2) is 4.39 Å². The molecule has 2 aromatic rings. The van der Waals surface area contributed by atoms with E-state index in [-0.39, 0.29) is 5.56 Å². The summed E-state index contributed by atoms with van der Waals surface area (Å²) < 4.78 is 18.9. The van der Waals surface area contributed by atoms with Gasteiger partial charge in [0.25, 0.3) is 5.91 Å². The minimum absolute atomic E-state index is 0.00958. The maximum Gasteiger partial charge on any atom is 0.258 e. The summed E-state index contributed by atoms with van der Waals surface area (Å²) in [6.45, 7) is 3.61. The van der Waals surface area contributed by atoms with Crippen LogP contribution in [0.1, 0.15) is 21.5 Å². The van der Waals surface area contributed by atoms with Gasteiger partial charge in [0.2, 0.25) is 0 Å². The predicted molar refractivity (Wildman–Crippen MR) is 81.8 cm³/mol. The molecule has 0 aromatic heterocycles. The number of aryl methyl sites for hydroxylation is 2. The molecule has 0 aliphatic heterocycles. The van der Waals surface area contributed by atoms with Gasteiger partial charge < -0.3 is 10.1 Å². The Bertz CT molecular complexity index is 701. The zero-order chi connectivity index (χ0) is 15.6. The topological polar surface area (TPSA) is 38.3 Å². The average molecular weight is 308 g/mol. The van der Waals surface area contributed by atoms with Gasteiger partial charge >= 0.3 is 0 Å². The van der Waals surface area contributed by atoms with E-state index in [1.807, 2.05) is 6.92 Å². The van der Waals surface area contributed by atoms with Gasteiger partial charge in [0, 0.05) is 11.1 Å². The van der Waals surface area contributed by atoms with Crippen molar-refractivity contribution in [3.05, 3.63) is 57.9 Å². The molecule has 0 bridgehead atoms. The van der Waals surface area contributed by atoms with Crippen LogP contribution >= 0.6 is 11.6 Å². The molecule has 5 heteroatoms. The molecule has 1 amide bonds. The lowest BCUT2D eigenvalue weighted by molar-refractivity contribution is 0.102. The lowest BCUT2D eigenvalue weighted by Crippen LogP contribution is -2.14. The largest absolute Gasteiger partial charge is 0.495 e. The summed E-state index contributed by atoms with van der Waals surface area (Å²) in [6, 6.07) is 7.68. The van der Waals surface area contributed by atoms with Crippen LogP contribution in [0.25, 0.3) is 0 Å². The second kappa shape index (κ2) is 6.14. The Morgan fingerprint density at radius 1 is 1.24 bits per heavy atom. The van der Waals surface area contributed by atoms with Crippen molar-refractivity contribution in [1.29, 1.82) is 0 Å². The molecule has 0 unspecified atom stereocenters. The molecule has 21 heavy (non-hydrogen) atoms. The first kappa shape index (κ1) is 15.3. The monoisotopic (exact) mass is 307 g/mol. The van der Waals surface area contributed by atoms with E-state index in [1.54, 1.807) is 25.1 Å². The highest BCUT2D eigenvalue weighted by atomic mass is 35.5. The van der Waals surface area contributed by atoms with E-state index in [4.69, 9.17) is 16.3 Å². The molecule has 0 spiro atoms. The number of ether oxygens (including phenoxy) is 1. The summed E-state index contributed by atoms with van der Waals surface area (Å²) in [4.78, 5) is 12.2. The summed E-state index contributed by atoms with van der Waals surface area (Å²) in [6.07, 6.45) is 0. The maximum atomic E-state index is 13.7. The second-order valence-corrected chi connectivity index (χ2v) is 5.15. The quantitative estimate of drug-likeness (QED) is 0.915. The van der Waals surface area contributed by atoms with Crippen LogP contribution < -0.4 is 10.1 Å². The Morgan fingerprint density at radius 2 is 1.95 bits per heavy atom. The number of benzene rings is 2. The summed E-state index contributed by atoms with van der Waals surface area (Å²) in [5.74, 6) is -0.675. The van der Waals surface area contributed by atoms with Gasteiger partial charge in [0.05, 0.1) is 18.4 Å². The van der Waals surface area contributed by atoms with Crippen LogP contribution in [0, 0.1) is 19.7 Å². The van der Waals surface area contributed by atoms with Crippen molar-refractivity contribution in [1.82, 2.24) is 0 Å². The van der Waals surface area contributed by atoms with Crippen molar-refractivity contribution in [3.8, 4) is 5.75 Å². The summed E-state index contributed by atoms with van der Waals surface area (Å²) >= 11 is 6.01. The van der Waals surface area contributed by atoms with E-state index in [9.17, 15) is 9.18 Å². The third kappa shape index (κ3) is 3.34. The van der Waals surface area contributed by atoms with Gasteiger partial charge in [-0.3, -0.25) is 4.79 Å². The molecule has 2 rings (SSSR count). The predicted octanol–water partition coefficient (Wildman–Crippen LogP) is 4.36. The van der Waals surface area contributed by atoms with Crippen LogP contribution in [0.15, 0.2) is 30.3 Å². The van der Waals surface area contributed by atoms with Crippen LogP contribution in [0.4, 0.5) is 10.1 Å². The highest BCUT2D eigenvalue weighted by Crippen LogP contribution is 2.31. The van der Waals surface area contributed by atoms with E-state index in [1.165, 1.54) is 19.2 Å². The Labute approximate surface area is 127 Å². The number of hydrogen-bond acceptors (Lipinski definition) is 2. The number of nitrogens with one attached hydrogen (secondary N) is 1. The first-order valence-electron chi connectivity index (χ1n) is 6.34. The fourth-order valence-electron chi connectivity index (χ4n) is 1.93. The van der Waals surface area contributed by atoms with Gasteiger partial charge in [0.15, 0.2) is 0 Å². The molecule has 3 nitrogen and oxygen atoms in total. The molecule has 2 aromatic carbocycles. The van der Waals surface area contributed by atoms with Crippen molar-refractivity contribution in [2.45, 2.75) is 13.8 Å². The third-order valence-corrected chi connectivity index (χ3v) is 3.50. The number of hydrogen-bond donors (Lipinski definition) is 1. The Morgan fingerprint density at radius 3 is 2.62 bits per heavy atom. The van der Waals surface area contributed by atoms with Crippen molar-refractivity contribution < 1.29 is 13.9 Å². The van der Waals surface area contributed by atoms with Crippen LogP contribution in [-0.2, 0) is 0 Å². The molecule has 110 valence electrons. The van der Waals surface area contributed by atoms with Crippen molar-refractivity contribution in [2.24, 2.45) is 0 Å². The fraction of sp³-hybridized carbons (Fsp3) is 0.188. The van der Waals surface area contributed by atoms with Gasteiger partial charge in [0.1, 0.15) is 11.6 Å². The first-order valence-corrected chi connectivity index (χ1v) is 6.72. The number of amides is 1. The summed E-state index contributed by atoms with van der Waals surface area (Å²) in [5, 5.41) is 3.19. The zero-order valence-electron chi connectivity index (χ0n) is 12.0. The SMILES string of the molecule is COc1cc(Cl)c(C)cc1NC(=O)c1cc(C)ccc1F. The number of carbonyl (C=O) groups excluding carboxylic acids is 1. The number of carbonyl (C=O) groups is 1. The van der Waals surface area contributed by atoms with Crippen LogP contribution in [-0.4, -0.2) is 13.0 Å². The molecule has 0 saturated heterocycles. The third-order valence-electron chi connectivity index (χ3n) is 3.10. The molecule has 0 saturated carbocycles. The zero-order valence-corrected chi connectivity index (χ0v) is 12.7. The lowest BCUT2D eigenvalue weighted by Gasteiger charge is -2.13. The molecular weight excluding hydrogens is 293 g/mol. The smallest absolute Gasteiger partial charge is 0.258 e. The Hall–Kier alpha value is -2.07. The van der Waals surface area contributed by atoms with E-state index < -0.39 is 11.7 Å². The van der Waals surface area contributed by atoms with Crippen LogP contribution in [0.3, 0.4) is 0 Å². The van der Waals surface area contributed by atoms with E-state index in [0.29, 0.717) is 16.5 Å².